The van der Waals surface area contributed by atoms with Crippen LogP contribution in [0, 0.1) is 0 Å². The molecule has 0 spiro atoms. The first-order chi connectivity index (χ1) is 11.6. The number of thiol groups is 1. The Kier molecular flexibility index (Phi) is 4.42. The summed E-state index contributed by atoms with van der Waals surface area (Å²) in [7, 11) is -4.40. The Morgan fingerprint density at radius 3 is 2.48 bits per heavy atom. The predicted molar refractivity (Wildman–Crippen MR) is 92.3 cm³/mol. The van der Waals surface area contributed by atoms with Gasteiger partial charge in [0.15, 0.2) is 0 Å². The number of hydrogen-bond acceptors (Lipinski definition) is 4. The molecule has 9 heteroatoms. The molecule has 0 aliphatic carbocycles. The van der Waals surface area contributed by atoms with E-state index in [0.717, 1.165) is 12.3 Å². The first kappa shape index (κ1) is 18.0. The number of fused-ring (bicyclic) bond motifs is 2. The number of benzene rings is 2. The van der Waals surface area contributed by atoms with Crippen LogP contribution in [0.5, 0.6) is 0 Å². The summed E-state index contributed by atoms with van der Waals surface area (Å²) in [5, 5.41) is 1.51. The van der Waals surface area contributed by atoms with E-state index in [1.165, 1.54) is 12.1 Å². The van der Waals surface area contributed by atoms with E-state index in [0.29, 0.717) is 16.4 Å². The van der Waals surface area contributed by atoms with Gasteiger partial charge in [-0.15, -0.1) is 12.6 Å². The summed E-state index contributed by atoms with van der Waals surface area (Å²) >= 11 is 4.21. The summed E-state index contributed by atoms with van der Waals surface area (Å²) in [5.74, 6) is 0. The first-order valence-electron chi connectivity index (χ1n) is 7.20. The molecule has 3 rings (SSSR count). The van der Waals surface area contributed by atoms with Crippen molar-refractivity contribution in [2.45, 2.75) is 28.9 Å². The fraction of sp³-hybridized carbons (Fsp3) is 0.188. The van der Waals surface area contributed by atoms with Crippen molar-refractivity contribution in [3.8, 4) is 0 Å². The van der Waals surface area contributed by atoms with Crippen LogP contribution >= 0.6 is 12.6 Å². The van der Waals surface area contributed by atoms with Crippen molar-refractivity contribution >= 4 is 44.5 Å². The maximum atomic E-state index is 12.7. The molecule has 0 fully saturated rings. The Bertz CT molecular complexity index is 1070. The summed E-state index contributed by atoms with van der Waals surface area (Å²) in [6.07, 6.45) is -4.69. The smallest absolute Gasteiger partial charge is 0.247 e. The molecule has 0 saturated heterocycles. The molecule has 1 N–H and O–H groups in total. The van der Waals surface area contributed by atoms with E-state index >= 15 is 0 Å². The molecule has 0 saturated carbocycles. The molecule has 0 aliphatic rings. The van der Waals surface area contributed by atoms with Crippen LogP contribution in [0.25, 0.3) is 21.8 Å². The average molecular weight is 386 g/mol. The summed E-state index contributed by atoms with van der Waals surface area (Å²) in [6.45, 7) is 0.739. The molecule has 4 nitrogen and oxygen atoms in total. The second-order valence-electron chi connectivity index (χ2n) is 5.55. The third-order valence-corrected chi connectivity index (χ3v) is 5.92. The minimum absolute atomic E-state index is 0.00475. The number of nitrogens with zero attached hydrogens (tertiary/aromatic N) is 1. The number of alkyl halides is 3. The fourth-order valence-electron chi connectivity index (χ4n) is 2.39. The maximum absolute atomic E-state index is 12.7. The highest BCUT2D eigenvalue weighted by atomic mass is 32.2. The maximum Gasteiger partial charge on any atom is 0.404 e. The minimum atomic E-state index is -4.69. The number of halogens is 3. The van der Waals surface area contributed by atoms with Gasteiger partial charge >= 0.3 is 6.18 Å². The predicted octanol–water partition coefficient (Wildman–Crippen LogP) is 3.91. The number of aromatic nitrogens is 1. The van der Waals surface area contributed by atoms with Crippen LogP contribution in [-0.4, -0.2) is 25.6 Å². The van der Waals surface area contributed by atoms with Gasteiger partial charge in [0.2, 0.25) is 10.0 Å². The molecule has 0 unspecified atom stereocenters. The van der Waals surface area contributed by atoms with Crippen LogP contribution in [0.2, 0.25) is 0 Å². The van der Waals surface area contributed by atoms with Gasteiger partial charge in [0.25, 0.3) is 0 Å². The Morgan fingerprint density at radius 1 is 1.12 bits per heavy atom. The van der Waals surface area contributed by atoms with Crippen molar-refractivity contribution in [2.24, 2.45) is 0 Å². The van der Waals surface area contributed by atoms with Crippen molar-refractivity contribution in [3.63, 3.8) is 0 Å². The first-order valence-corrected chi connectivity index (χ1v) is 9.13. The van der Waals surface area contributed by atoms with Crippen molar-refractivity contribution in [2.75, 3.05) is 0 Å². The topological polar surface area (TPSA) is 59.1 Å². The van der Waals surface area contributed by atoms with Crippen molar-refractivity contribution in [3.05, 3.63) is 42.5 Å². The monoisotopic (exact) mass is 386 g/mol. The number of nitrogens with one attached hydrogen (secondary N) is 1. The van der Waals surface area contributed by atoms with Crippen LogP contribution in [0.1, 0.15) is 6.92 Å². The minimum Gasteiger partial charge on any atom is -0.247 e. The van der Waals surface area contributed by atoms with Crippen molar-refractivity contribution < 1.29 is 21.6 Å². The van der Waals surface area contributed by atoms with Crippen LogP contribution in [0.4, 0.5) is 13.2 Å². The number of pyridine rings is 1. The molecule has 0 amide bonds. The average Bonchev–Trinajstić information content (AvgIpc) is 2.52. The number of para-hydroxylation sites is 1. The van der Waals surface area contributed by atoms with E-state index in [4.69, 9.17) is 0 Å². The second kappa shape index (κ2) is 6.15. The Balaban J connectivity index is 2.14. The van der Waals surface area contributed by atoms with E-state index in [1.54, 1.807) is 16.9 Å². The van der Waals surface area contributed by atoms with Crippen LogP contribution in [0.3, 0.4) is 0 Å². The van der Waals surface area contributed by atoms with Gasteiger partial charge in [-0.3, -0.25) is 0 Å². The van der Waals surface area contributed by atoms with Crippen LogP contribution in [-0.2, 0) is 10.0 Å². The lowest BCUT2D eigenvalue weighted by atomic mass is 10.1. The van der Waals surface area contributed by atoms with Gasteiger partial charge in [-0.2, -0.15) is 17.9 Å². The quantitative estimate of drug-likeness (QED) is 0.530. The molecule has 1 atom stereocenters. The van der Waals surface area contributed by atoms with Crippen LogP contribution in [0.15, 0.2) is 52.3 Å². The van der Waals surface area contributed by atoms with Gasteiger partial charge in [0, 0.05) is 10.8 Å². The summed E-state index contributed by atoms with van der Waals surface area (Å²) in [5.41, 5.74) is 0.945. The normalized spacial score (nSPS) is 14.1. The molecular weight excluding hydrogens is 373 g/mol. The van der Waals surface area contributed by atoms with E-state index in [-0.39, 0.29) is 9.79 Å². The van der Waals surface area contributed by atoms with E-state index in [2.05, 4.69) is 17.6 Å². The van der Waals surface area contributed by atoms with E-state index in [1.807, 2.05) is 18.2 Å². The van der Waals surface area contributed by atoms with E-state index in [9.17, 15) is 21.6 Å². The largest absolute Gasteiger partial charge is 0.404 e. The van der Waals surface area contributed by atoms with Gasteiger partial charge in [0.05, 0.1) is 20.8 Å². The summed E-state index contributed by atoms with van der Waals surface area (Å²) in [6, 6.07) is 9.58. The third-order valence-electron chi connectivity index (χ3n) is 3.74. The molecule has 1 aromatic heterocycles. The molecule has 0 radical (unpaired) electrons. The molecule has 2 aromatic carbocycles. The lowest BCUT2D eigenvalue weighted by molar-refractivity contribution is -0.147. The molecule has 132 valence electrons. The fourth-order valence-corrected chi connectivity index (χ4v) is 4.33. The lowest BCUT2D eigenvalue weighted by Gasteiger charge is -2.18. The zero-order valence-electron chi connectivity index (χ0n) is 12.9. The summed E-state index contributed by atoms with van der Waals surface area (Å²) in [4.78, 5) is 4.05. The van der Waals surface area contributed by atoms with Gasteiger partial charge in [-0.25, -0.2) is 13.4 Å². The van der Waals surface area contributed by atoms with Gasteiger partial charge in [-0.05, 0) is 25.1 Å². The highest BCUT2D eigenvalue weighted by Gasteiger charge is 2.39. The second-order valence-corrected chi connectivity index (χ2v) is 7.68. The Labute approximate surface area is 147 Å². The Hall–Kier alpha value is -1.84. The van der Waals surface area contributed by atoms with Gasteiger partial charge in [0.1, 0.15) is 6.04 Å². The molecular formula is C16H13F3N2O2S2. The summed E-state index contributed by atoms with van der Waals surface area (Å²) < 4.78 is 64.3. The highest BCUT2D eigenvalue weighted by molar-refractivity contribution is 7.90. The third kappa shape index (κ3) is 3.44. The number of sulfonamides is 1. The SMILES string of the molecule is C[C@H](NS(=O)(=O)c1ccc2cc3ccccc3nc2c1S)C(F)(F)F. The number of rotatable bonds is 3. The zero-order valence-corrected chi connectivity index (χ0v) is 14.6. The Morgan fingerprint density at radius 2 is 1.80 bits per heavy atom. The molecule has 25 heavy (non-hydrogen) atoms. The zero-order chi connectivity index (χ0) is 18.4. The lowest BCUT2D eigenvalue weighted by Crippen LogP contribution is -2.43. The van der Waals surface area contributed by atoms with E-state index < -0.39 is 22.2 Å². The molecule has 3 aromatic rings. The number of hydrogen-bond donors (Lipinski definition) is 2. The van der Waals surface area contributed by atoms with Crippen molar-refractivity contribution in [1.29, 1.82) is 0 Å². The van der Waals surface area contributed by atoms with Gasteiger partial charge < -0.3 is 0 Å². The van der Waals surface area contributed by atoms with Crippen LogP contribution < -0.4 is 4.72 Å². The van der Waals surface area contributed by atoms with Gasteiger partial charge in [-0.1, -0.05) is 24.3 Å². The molecule has 1 heterocycles. The molecule has 0 bridgehead atoms. The van der Waals surface area contributed by atoms with Crippen molar-refractivity contribution in [1.82, 2.24) is 9.71 Å². The highest BCUT2D eigenvalue weighted by Crippen LogP contribution is 2.31. The standard InChI is InChI=1S/C16H13F3N2O2S2/c1-9(16(17,18)19)21-25(22,23)13-7-6-11-8-10-4-2-3-5-12(10)20-14(11)15(13)24/h2-9,21,24H,1H3/t9-/m0/s1. The molecule has 0 aliphatic heterocycles.